The molecule has 0 bridgehead atoms. The standard InChI is InChI=1S/C23H20F3NO5S2/c1-2-18(22(28)29)27-12-20-21(34(27,30)31)11-19(33-20)15-6-3-5-14(9-15)13-32-17-8-4-7-16(10-17)23(24,25)26/h3-11,18H,2,12-13H2,1H3,(H,28,29). The van der Waals surface area contributed by atoms with Crippen molar-refractivity contribution in [3.63, 3.8) is 0 Å². The van der Waals surface area contributed by atoms with Crippen LogP contribution in [0, 0.1) is 0 Å². The molecular formula is C23H20F3NO5S2. The van der Waals surface area contributed by atoms with E-state index >= 15 is 0 Å². The molecule has 2 heterocycles. The van der Waals surface area contributed by atoms with Crippen molar-refractivity contribution in [1.82, 2.24) is 4.31 Å². The molecule has 180 valence electrons. The van der Waals surface area contributed by atoms with Crippen molar-refractivity contribution in [3.8, 4) is 16.2 Å². The van der Waals surface area contributed by atoms with Gasteiger partial charge in [0.15, 0.2) is 0 Å². The Morgan fingerprint density at radius 2 is 1.91 bits per heavy atom. The van der Waals surface area contributed by atoms with Gasteiger partial charge in [-0.3, -0.25) is 4.79 Å². The van der Waals surface area contributed by atoms with Crippen LogP contribution in [0.15, 0.2) is 59.5 Å². The lowest BCUT2D eigenvalue weighted by atomic mass is 10.1. The molecule has 1 aliphatic heterocycles. The summed E-state index contributed by atoms with van der Waals surface area (Å²) in [6, 6.07) is 12.1. The van der Waals surface area contributed by atoms with Crippen molar-refractivity contribution in [2.45, 2.75) is 43.6 Å². The van der Waals surface area contributed by atoms with Gasteiger partial charge in [-0.25, -0.2) is 8.42 Å². The molecule has 0 aliphatic carbocycles. The molecule has 1 aliphatic rings. The van der Waals surface area contributed by atoms with Crippen LogP contribution in [0.2, 0.25) is 0 Å². The molecule has 4 rings (SSSR count). The molecule has 2 aromatic carbocycles. The number of carboxylic acids is 1. The molecule has 1 aromatic heterocycles. The van der Waals surface area contributed by atoms with Gasteiger partial charge in [0.1, 0.15) is 18.4 Å². The fourth-order valence-electron chi connectivity index (χ4n) is 3.76. The molecule has 1 N–H and O–H groups in total. The molecule has 0 saturated heterocycles. The molecule has 6 nitrogen and oxygen atoms in total. The minimum Gasteiger partial charge on any atom is -0.489 e. The smallest absolute Gasteiger partial charge is 0.416 e. The van der Waals surface area contributed by atoms with E-state index in [0.29, 0.717) is 15.3 Å². The number of ether oxygens (including phenoxy) is 1. The van der Waals surface area contributed by atoms with Gasteiger partial charge in [-0.1, -0.05) is 31.2 Å². The van der Waals surface area contributed by atoms with Crippen molar-refractivity contribution in [2.75, 3.05) is 0 Å². The number of sulfonamides is 1. The number of rotatable bonds is 7. The lowest BCUT2D eigenvalue weighted by Gasteiger charge is -2.21. The highest BCUT2D eigenvalue weighted by Crippen LogP contribution is 2.42. The molecule has 0 amide bonds. The summed E-state index contributed by atoms with van der Waals surface area (Å²) in [4.78, 5) is 12.8. The van der Waals surface area contributed by atoms with Gasteiger partial charge in [-0.05, 0) is 47.9 Å². The van der Waals surface area contributed by atoms with E-state index in [-0.39, 0.29) is 30.2 Å². The van der Waals surface area contributed by atoms with Crippen molar-refractivity contribution in [3.05, 3.63) is 70.6 Å². The van der Waals surface area contributed by atoms with E-state index in [1.807, 2.05) is 0 Å². The van der Waals surface area contributed by atoms with Gasteiger partial charge in [0.25, 0.3) is 0 Å². The average molecular weight is 512 g/mol. The Labute approximate surface area is 198 Å². The molecule has 0 radical (unpaired) electrons. The van der Waals surface area contributed by atoms with Gasteiger partial charge in [-0.2, -0.15) is 17.5 Å². The van der Waals surface area contributed by atoms with Gasteiger partial charge < -0.3 is 9.84 Å². The Kier molecular flexibility index (Phi) is 6.45. The summed E-state index contributed by atoms with van der Waals surface area (Å²) in [6.45, 7) is 1.66. The highest BCUT2D eigenvalue weighted by atomic mass is 32.2. The molecule has 34 heavy (non-hydrogen) atoms. The Hall–Kier alpha value is -2.89. The SMILES string of the molecule is CCC(C(=O)O)N1Cc2sc(-c3cccc(COc4cccc(C(F)(F)F)c4)c3)cc2S1(=O)=O. The first-order valence-electron chi connectivity index (χ1n) is 10.3. The predicted molar refractivity (Wildman–Crippen MR) is 120 cm³/mol. The second kappa shape index (κ2) is 9.05. The highest BCUT2D eigenvalue weighted by Gasteiger charge is 2.43. The Morgan fingerprint density at radius 3 is 2.56 bits per heavy atom. The number of alkyl halides is 3. The zero-order valence-corrected chi connectivity index (χ0v) is 19.5. The van der Waals surface area contributed by atoms with Crippen LogP contribution in [0.4, 0.5) is 13.2 Å². The number of benzene rings is 2. The largest absolute Gasteiger partial charge is 0.489 e. The van der Waals surface area contributed by atoms with E-state index in [9.17, 15) is 31.5 Å². The third-order valence-corrected chi connectivity index (χ3v) is 8.67. The Bertz CT molecular complexity index is 1330. The number of carbonyl (C=O) groups is 1. The second-order valence-corrected chi connectivity index (χ2v) is 10.7. The first kappa shape index (κ1) is 24.2. The van der Waals surface area contributed by atoms with Crippen LogP contribution < -0.4 is 4.74 Å². The number of carboxylic acid groups (broad SMARTS) is 1. The van der Waals surface area contributed by atoms with Gasteiger partial charge in [0.05, 0.1) is 17.0 Å². The normalized spacial score (nSPS) is 16.2. The predicted octanol–water partition coefficient (Wildman–Crippen LogP) is 5.38. The summed E-state index contributed by atoms with van der Waals surface area (Å²) in [5, 5.41) is 9.36. The van der Waals surface area contributed by atoms with Gasteiger partial charge in [0.2, 0.25) is 10.0 Å². The minimum absolute atomic E-state index is 0.00544. The third-order valence-electron chi connectivity index (χ3n) is 5.45. The van der Waals surface area contributed by atoms with E-state index in [1.165, 1.54) is 29.5 Å². The molecule has 3 aromatic rings. The van der Waals surface area contributed by atoms with Crippen LogP contribution in [-0.2, 0) is 34.1 Å². The summed E-state index contributed by atoms with van der Waals surface area (Å²) in [7, 11) is -3.92. The van der Waals surface area contributed by atoms with Crippen LogP contribution in [0.25, 0.3) is 10.4 Å². The van der Waals surface area contributed by atoms with Gasteiger partial charge in [0, 0.05) is 9.75 Å². The lowest BCUT2D eigenvalue weighted by Crippen LogP contribution is -2.40. The van der Waals surface area contributed by atoms with E-state index < -0.39 is 33.8 Å². The molecule has 0 fully saturated rings. The minimum atomic E-state index is -4.46. The number of nitrogens with zero attached hydrogens (tertiary/aromatic N) is 1. The summed E-state index contributed by atoms with van der Waals surface area (Å²) < 4.78 is 71.1. The van der Waals surface area contributed by atoms with Crippen molar-refractivity contribution < 1.29 is 36.2 Å². The third kappa shape index (κ3) is 4.68. The molecule has 11 heteroatoms. The number of fused-ring (bicyclic) bond motifs is 1. The van der Waals surface area contributed by atoms with Gasteiger partial charge in [-0.15, -0.1) is 11.3 Å². The maximum absolute atomic E-state index is 12.9. The summed E-state index contributed by atoms with van der Waals surface area (Å²) in [5.41, 5.74) is 0.636. The molecule has 0 spiro atoms. The molecule has 0 saturated carbocycles. The maximum Gasteiger partial charge on any atom is 0.416 e. The van der Waals surface area contributed by atoms with Crippen molar-refractivity contribution in [2.24, 2.45) is 0 Å². The van der Waals surface area contributed by atoms with E-state index in [0.717, 1.165) is 22.0 Å². The number of thiophene rings is 1. The van der Waals surface area contributed by atoms with Crippen LogP contribution in [0.5, 0.6) is 5.75 Å². The molecule has 1 unspecified atom stereocenters. The zero-order chi connectivity index (χ0) is 24.7. The van der Waals surface area contributed by atoms with Crippen LogP contribution in [0.3, 0.4) is 0 Å². The molecular weight excluding hydrogens is 491 g/mol. The first-order chi connectivity index (χ1) is 16.0. The number of aliphatic carboxylic acids is 1. The van der Waals surface area contributed by atoms with Crippen LogP contribution in [-0.4, -0.2) is 29.8 Å². The quantitative estimate of drug-likeness (QED) is 0.461. The average Bonchev–Trinajstić information content (AvgIpc) is 3.31. The van der Waals surface area contributed by atoms with Crippen LogP contribution >= 0.6 is 11.3 Å². The number of halogens is 3. The fourth-order valence-corrected chi connectivity index (χ4v) is 7.15. The topological polar surface area (TPSA) is 83.9 Å². The number of hydrogen-bond donors (Lipinski definition) is 1. The lowest BCUT2D eigenvalue weighted by molar-refractivity contribution is -0.141. The van der Waals surface area contributed by atoms with Gasteiger partial charge >= 0.3 is 12.1 Å². The van der Waals surface area contributed by atoms with Crippen LogP contribution in [0.1, 0.15) is 29.3 Å². The Morgan fingerprint density at radius 1 is 1.18 bits per heavy atom. The monoisotopic (exact) mass is 511 g/mol. The summed E-state index contributed by atoms with van der Waals surface area (Å²) in [5.74, 6) is -1.10. The molecule has 1 atom stereocenters. The second-order valence-electron chi connectivity index (χ2n) is 7.73. The summed E-state index contributed by atoms with van der Waals surface area (Å²) >= 11 is 1.27. The fraction of sp³-hybridized carbons (Fsp3) is 0.261. The summed E-state index contributed by atoms with van der Waals surface area (Å²) in [6.07, 6.45) is -4.30. The van der Waals surface area contributed by atoms with E-state index in [1.54, 1.807) is 31.2 Å². The van der Waals surface area contributed by atoms with E-state index in [2.05, 4.69) is 0 Å². The van der Waals surface area contributed by atoms with Crippen molar-refractivity contribution in [1.29, 1.82) is 0 Å². The van der Waals surface area contributed by atoms with E-state index in [4.69, 9.17) is 4.74 Å². The van der Waals surface area contributed by atoms with Crippen molar-refractivity contribution >= 4 is 27.3 Å². The maximum atomic E-state index is 12.9. The zero-order valence-electron chi connectivity index (χ0n) is 17.9. The number of hydrogen-bond acceptors (Lipinski definition) is 5. The first-order valence-corrected chi connectivity index (χ1v) is 12.5. The highest BCUT2D eigenvalue weighted by molar-refractivity contribution is 7.89. The Balaban J connectivity index is 1.53.